The number of benzene rings is 2. The molecule has 0 radical (unpaired) electrons. The minimum absolute atomic E-state index is 0.101. The van der Waals surface area contributed by atoms with Crippen LogP contribution >= 0.6 is 11.3 Å². The van der Waals surface area contributed by atoms with E-state index in [-0.39, 0.29) is 23.6 Å². The standard InChI is InChI=1S/C26H31N3O6S2/c1-5-35-24(30)16-29-22-11-8-20(34-4)13-23(22)36-26(29)27-25(31)19-6-9-21(10-7-19)37(32,33)28-14-17(2)12-18(3)15-28/h6-11,13,17-18H,5,12,14-16H2,1-4H3. The van der Waals surface area contributed by atoms with Gasteiger partial charge in [0.15, 0.2) is 4.80 Å². The number of rotatable bonds is 7. The predicted molar refractivity (Wildman–Crippen MR) is 141 cm³/mol. The molecular weight excluding hydrogens is 514 g/mol. The maximum absolute atomic E-state index is 13.2. The summed E-state index contributed by atoms with van der Waals surface area (Å²) in [6, 6.07) is 11.2. The number of esters is 1. The lowest BCUT2D eigenvalue weighted by Gasteiger charge is -2.34. The summed E-state index contributed by atoms with van der Waals surface area (Å²) >= 11 is 1.25. The van der Waals surface area contributed by atoms with Crippen LogP contribution in [0.1, 0.15) is 37.6 Å². The molecule has 1 fully saturated rings. The molecule has 0 aliphatic carbocycles. The monoisotopic (exact) mass is 545 g/mol. The third kappa shape index (κ3) is 5.94. The van der Waals surface area contributed by atoms with Crippen molar-refractivity contribution < 1.29 is 27.5 Å². The van der Waals surface area contributed by atoms with Gasteiger partial charge < -0.3 is 14.0 Å². The summed E-state index contributed by atoms with van der Waals surface area (Å²) in [6.45, 7) is 6.95. The molecule has 1 aromatic heterocycles. The van der Waals surface area contributed by atoms with Crippen LogP contribution in [0.2, 0.25) is 0 Å². The smallest absolute Gasteiger partial charge is 0.326 e. The third-order valence-electron chi connectivity index (χ3n) is 6.25. The SMILES string of the molecule is CCOC(=O)Cn1c(=NC(=O)c2ccc(S(=O)(=O)N3CC(C)CC(C)C3)cc2)sc2cc(OC)ccc21. The van der Waals surface area contributed by atoms with E-state index in [1.165, 1.54) is 39.9 Å². The number of ether oxygens (including phenoxy) is 2. The van der Waals surface area contributed by atoms with Gasteiger partial charge in [-0.2, -0.15) is 9.30 Å². The van der Waals surface area contributed by atoms with Crippen molar-refractivity contribution in [3.63, 3.8) is 0 Å². The lowest BCUT2D eigenvalue weighted by atomic mass is 9.94. The highest BCUT2D eigenvalue weighted by Crippen LogP contribution is 2.27. The van der Waals surface area contributed by atoms with Crippen LogP contribution in [0.15, 0.2) is 52.4 Å². The minimum Gasteiger partial charge on any atom is -0.497 e. The first-order valence-corrected chi connectivity index (χ1v) is 14.4. The van der Waals surface area contributed by atoms with Crippen molar-refractivity contribution in [1.29, 1.82) is 0 Å². The lowest BCUT2D eigenvalue weighted by molar-refractivity contribution is -0.143. The maximum Gasteiger partial charge on any atom is 0.326 e. The van der Waals surface area contributed by atoms with Crippen LogP contribution in [0, 0.1) is 11.8 Å². The van der Waals surface area contributed by atoms with Gasteiger partial charge in [0.2, 0.25) is 10.0 Å². The Morgan fingerprint density at radius 1 is 1.08 bits per heavy atom. The van der Waals surface area contributed by atoms with E-state index >= 15 is 0 Å². The molecule has 4 rings (SSSR count). The van der Waals surface area contributed by atoms with Crippen molar-refractivity contribution >= 4 is 43.5 Å². The summed E-state index contributed by atoms with van der Waals surface area (Å²) in [5.74, 6) is 0.244. The number of amides is 1. The van der Waals surface area contributed by atoms with Crippen LogP contribution in [0.4, 0.5) is 0 Å². The van der Waals surface area contributed by atoms with Gasteiger partial charge in [-0.1, -0.05) is 25.2 Å². The van der Waals surface area contributed by atoms with E-state index < -0.39 is 21.9 Å². The van der Waals surface area contributed by atoms with Gasteiger partial charge in [-0.15, -0.1) is 0 Å². The van der Waals surface area contributed by atoms with E-state index in [0.717, 1.165) is 16.6 Å². The van der Waals surface area contributed by atoms with Crippen LogP contribution in [0.3, 0.4) is 0 Å². The average molecular weight is 546 g/mol. The van der Waals surface area contributed by atoms with Crippen LogP contribution in [-0.4, -0.2) is 56.0 Å². The Morgan fingerprint density at radius 3 is 2.38 bits per heavy atom. The highest BCUT2D eigenvalue weighted by atomic mass is 32.2. The van der Waals surface area contributed by atoms with Crippen molar-refractivity contribution in [2.75, 3.05) is 26.8 Å². The Kier molecular flexibility index (Phi) is 8.15. The van der Waals surface area contributed by atoms with Gasteiger partial charge in [0, 0.05) is 18.7 Å². The summed E-state index contributed by atoms with van der Waals surface area (Å²) in [4.78, 5) is 30.0. The van der Waals surface area contributed by atoms with Crippen molar-refractivity contribution in [3.8, 4) is 5.75 Å². The summed E-state index contributed by atoms with van der Waals surface area (Å²) in [5, 5.41) is 0. The number of hydrogen-bond acceptors (Lipinski definition) is 7. The summed E-state index contributed by atoms with van der Waals surface area (Å²) < 4.78 is 40.7. The van der Waals surface area contributed by atoms with Crippen molar-refractivity contribution in [1.82, 2.24) is 8.87 Å². The van der Waals surface area contributed by atoms with Crippen LogP contribution in [0.5, 0.6) is 5.75 Å². The Bertz CT molecular complexity index is 1460. The van der Waals surface area contributed by atoms with E-state index in [9.17, 15) is 18.0 Å². The second kappa shape index (κ2) is 11.2. The predicted octanol–water partition coefficient (Wildman–Crippen LogP) is 3.68. The molecule has 0 N–H and O–H groups in total. The molecule has 0 bridgehead atoms. The Labute approximate surface area is 220 Å². The van der Waals surface area contributed by atoms with Crippen molar-refractivity contribution in [2.24, 2.45) is 16.8 Å². The minimum atomic E-state index is -3.65. The van der Waals surface area contributed by atoms with Gasteiger partial charge in [0.25, 0.3) is 5.91 Å². The first-order chi connectivity index (χ1) is 17.6. The van der Waals surface area contributed by atoms with Crippen molar-refractivity contribution in [3.05, 3.63) is 52.8 Å². The van der Waals surface area contributed by atoms with Crippen molar-refractivity contribution in [2.45, 2.75) is 38.6 Å². The quantitative estimate of drug-likeness (QED) is 0.419. The molecular formula is C26H31N3O6S2. The zero-order valence-electron chi connectivity index (χ0n) is 21.3. The summed E-state index contributed by atoms with van der Waals surface area (Å²) in [5.41, 5.74) is 0.967. The molecule has 2 aromatic carbocycles. The zero-order valence-corrected chi connectivity index (χ0v) is 23.0. The number of aromatic nitrogens is 1. The molecule has 2 heterocycles. The van der Waals surface area contributed by atoms with Crippen LogP contribution < -0.4 is 9.54 Å². The van der Waals surface area contributed by atoms with Gasteiger partial charge in [-0.3, -0.25) is 9.59 Å². The fraction of sp³-hybridized carbons (Fsp3) is 0.423. The van der Waals surface area contributed by atoms with Gasteiger partial charge in [-0.05, 0) is 67.6 Å². The molecule has 1 aliphatic heterocycles. The molecule has 1 saturated heterocycles. The molecule has 2 atom stereocenters. The Hall–Kier alpha value is -3.02. The highest BCUT2D eigenvalue weighted by molar-refractivity contribution is 7.89. The topological polar surface area (TPSA) is 107 Å². The lowest BCUT2D eigenvalue weighted by Crippen LogP contribution is -2.42. The number of hydrogen-bond donors (Lipinski definition) is 0. The first kappa shape index (κ1) is 27.0. The number of nitrogens with zero attached hydrogens (tertiary/aromatic N) is 3. The number of carbonyl (C=O) groups excluding carboxylic acids is 2. The zero-order chi connectivity index (χ0) is 26.7. The van der Waals surface area contributed by atoms with E-state index in [1.807, 2.05) is 6.07 Å². The molecule has 0 saturated carbocycles. The molecule has 0 spiro atoms. The number of thiazole rings is 1. The summed E-state index contributed by atoms with van der Waals surface area (Å²) in [7, 11) is -2.09. The Balaban J connectivity index is 1.65. The summed E-state index contributed by atoms with van der Waals surface area (Å²) in [6.07, 6.45) is 1.00. The number of methoxy groups -OCH3 is 1. The van der Waals surface area contributed by atoms with E-state index in [0.29, 0.717) is 35.5 Å². The van der Waals surface area contributed by atoms with Gasteiger partial charge >= 0.3 is 5.97 Å². The highest BCUT2D eigenvalue weighted by Gasteiger charge is 2.31. The number of carbonyl (C=O) groups is 2. The third-order valence-corrected chi connectivity index (χ3v) is 9.14. The number of piperidine rings is 1. The molecule has 3 aromatic rings. The molecule has 9 nitrogen and oxygen atoms in total. The van der Waals surface area contributed by atoms with Gasteiger partial charge in [0.1, 0.15) is 12.3 Å². The van der Waals surface area contributed by atoms with Gasteiger partial charge in [-0.25, -0.2) is 8.42 Å². The van der Waals surface area contributed by atoms with Gasteiger partial charge in [0.05, 0.1) is 28.8 Å². The fourth-order valence-electron chi connectivity index (χ4n) is 4.63. The number of sulfonamides is 1. The fourth-order valence-corrected chi connectivity index (χ4v) is 7.36. The Morgan fingerprint density at radius 2 is 1.76 bits per heavy atom. The molecule has 198 valence electrons. The second-order valence-electron chi connectivity index (χ2n) is 9.32. The van der Waals surface area contributed by atoms with E-state index in [2.05, 4.69) is 18.8 Å². The second-order valence-corrected chi connectivity index (χ2v) is 12.3. The maximum atomic E-state index is 13.2. The average Bonchev–Trinajstić information content (AvgIpc) is 3.19. The largest absolute Gasteiger partial charge is 0.497 e. The van der Waals surface area contributed by atoms with Crippen LogP contribution in [0.25, 0.3) is 10.2 Å². The van der Waals surface area contributed by atoms with E-state index in [1.54, 1.807) is 30.7 Å². The first-order valence-electron chi connectivity index (χ1n) is 12.1. The van der Waals surface area contributed by atoms with E-state index in [4.69, 9.17) is 9.47 Å². The van der Waals surface area contributed by atoms with Crippen LogP contribution in [-0.2, 0) is 26.1 Å². The molecule has 1 amide bonds. The molecule has 2 unspecified atom stereocenters. The molecule has 11 heteroatoms. The normalized spacial score (nSPS) is 19.2. The molecule has 1 aliphatic rings. The number of fused-ring (bicyclic) bond motifs is 1. The molecule has 37 heavy (non-hydrogen) atoms.